The van der Waals surface area contributed by atoms with Gasteiger partial charge in [-0.2, -0.15) is 0 Å². The highest BCUT2D eigenvalue weighted by molar-refractivity contribution is 7.99. The first-order valence-electron chi connectivity index (χ1n) is 6.79. The number of hydrogen-bond donors (Lipinski definition) is 1. The van der Waals surface area contributed by atoms with Crippen molar-refractivity contribution >= 4 is 11.8 Å². The topological polar surface area (TPSA) is 26.0 Å². The Balaban J connectivity index is 1.80. The van der Waals surface area contributed by atoms with Gasteiger partial charge in [0.05, 0.1) is 0 Å². The molecule has 0 radical (unpaired) electrons. The second-order valence-corrected chi connectivity index (χ2v) is 6.55. The Morgan fingerprint density at radius 2 is 2.06 bits per heavy atom. The molecular formula is C15H22FNS. The Labute approximate surface area is 113 Å². The van der Waals surface area contributed by atoms with Gasteiger partial charge in [-0.1, -0.05) is 19.8 Å². The van der Waals surface area contributed by atoms with E-state index in [2.05, 4.69) is 6.92 Å². The van der Waals surface area contributed by atoms with Crippen molar-refractivity contribution in [2.75, 3.05) is 5.75 Å². The molecule has 0 aromatic heterocycles. The first kappa shape index (κ1) is 13.9. The average molecular weight is 267 g/mol. The zero-order valence-corrected chi connectivity index (χ0v) is 11.8. The van der Waals surface area contributed by atoms with E-state index in [0.29, 0.717) is 5.92 Å². The van der Waals surface area contributed by atoms with Gasteiger partial charge in [-0.15, -0.1) is 11.8 Å². The Morgan fingerprint density at radius 3 is 2.72 bits per heavy atom. The molecular weight excluding hydrogens is 245 g/mol. The average Bonchev–Trinajstić information content (AvgIpc) is 2.38. The highest BCUT2D eigenvalue weighted by atomic mass is 32.2. The van der Waals surface area contributed by atoms with Crippen LogP contribution in [0.25, 0.3) is 0 Å². The van der Waals surface area contributed by atoms with Crippen molar-refractivity contribution in [2.24, 2.45) is 17.6 Å². The van der Waals surface area contributed by atoms with Crippen LogP contribution >= 0.6 is 11.8 Å². The Bertz CT molecular complexity index is 365. The maximum Gasteiger partial charge on any atom is 0.123 e. The van der Waals surface area contributed by atoms with E-state index in [0.717, 1.165) is 16.6 Å². The molecule has 3 unspecified atom stereocenters. The predicted molar refractivity (Wildman–Crippen MR) is 76.2 cm³/mol. The smallest absolute Gasteiger partial charge is 0.123 e. The van der Waals surface area contributed by atoms with E-state index in [-0.39, 0.29) is 11.9 Å². The van der Waals surface area contributed by atoms with Crippen LogP contribution in [-0.4, -0.2) is 11.8 Å². The molecule has 1 aromatic rings. The van der Waals surface area contributed by atoms with Gasteiger partial charge in [0, 0.05) is 16.7 Å². The zero-order valence-electron chi connectivity index (χ0n) is 10.9. The molecule has 3 atom stereocenters. The largest absolute Gasteiger partial charge is 0.327 e. The van der Waals surface area contributed by atoms with Gasteiger partial charge in [-0.3, -0.25) is 0 Å². The summed E-state index contributed by atoms with van der Waals surface area (Å²) in [6.45, 7) is 2.33. The fourth-order valence-electron chi connectivity index (χ4n) is 2.73. The summed E-state index contributed by atoms with van der Waals surface area (Å²) < 4.78 is 12.8. The second-order valence-electron chi connectivity index (χ2n) is 5.46. The molecule has 3 heteroatoms. The van der Waals surface area contributed by atoms with Crippen LogP contribution in [-0.2, 0) is 0 Å². The summed E-state index contributed by atoms with van der Waals surface area (Å²) in [5.41, 5.74) is 6.29. The molecule has 0 bridgehead atoms. The Morgan fingerprint density at radius 1 is 1.33 bits per heavy atom. The molecule has 18 heavy (non-hydrogen) atoms. The van der Waals surface area contributed by atoms with Crippen LogP contribution in [0.2, 0.25) is 0 Å². The fraction of sp³-hybridized carbons (Fsp3) is 0.600. The second kappa shape index (κ2) is 6.58. The normalized spacial score (nSPS) is 25.9. The monoisotopic (exact) mass is 267 g/mol. The van der Waals surface area contributed by atoms with Gasteiger partial charge in [0.25, 0.3) is 0 Å². The number of halogens is 1. The SMILES string of the molecule is CC1CCCC(C(N)CSc2ccc(F)cc2)C1. The van der Waals surface area contributed by atoms with Crippen LogP contribution in [0.3, 0.4) is 0 Å². The van der Waals surface area contributed by atoms with Crippen molar-refractivity contribution < 1.29 is 4.39 Å². The van der Waals surface area contributed by atoms with Crippen LogP contribution in [0.4, 0.5) is 4.39 Å². The maximum atomic E-state index is 12.8. The molecule has 2 rings (SSSR count). The van der Waals surface area contributed by atoms with Crippen LogP contribution in [0, 0.1) is 17.7 Å². The fourth-order valence-corrected chi connectivity index (χ4v) is 3.71. The first-order chi connectivity index (χ1) is 8.65. The van der Waals surface area contributed by atoms with E-state index in [1.54, 1.807) is 11.8 Å². The molecule has 2 N–H and O–H groups in total. The third-order valence-corrected chi connectivity index (χ3v) is 5.00. The van der Waals surface area contributed by atoms with Gasteiger partial charge in [-0.05, 0) is 48.9 Å². The summed E-state index contributed by atoms with van der Waals surface area (Å²) in [5, 5.41) is 0. The van der Waals surface area contributed by atoms with Gasteiger partial charge >= 0.3 is 0 Å². The summed E-state index contributed by atoms with van der Waals surface area (Å²) in [7, 11) is 0. The third kappa shape index (κ3) is 3.99. The minimum Gasteiger partial charge on any atom is -0.327 e. The summed E-state index contributed by atoms with van der Waals surface area (Å²) in [4.78, 5) is 1.11. The van der Waals surface area contributed by atoms with Crippen LogP contribution in [0.1, 0.15) is 32.6 Å². The molecule has 0 amide bonds. The lowest BCUT2D eigenvalue weighted by molar-refractivity contribution is 0.256. The highest BCUT2D eigenvalue weighted by Gasteiger charge is 2.24. The predicted octanol–water partition coefficient (Wildman–Crippen LogP) is 4.07. The molecule has 1 aromatic carbocycles. The quantitative estimate of drug-likeness (QED) is 0.832. The lowest BCUT2D eigenvalue weighted by Gasteiger charge is -2.31. The van der Waals surface area contributed by atoms with Gasteiger partial charge < -0.3 is 5.73 Å². The number of rotatable bonds is 4. The number of nitrogens with two attached hydrogens (primary N) is 1. The molecule has 0 aliphatic heterocycles. The maximum absolute atomic E-state index is 12.8. The van der Waals surface area contributed by atoms with Gasteiger partial charge in [0.15, 0.2) is 0 Å². The minimum atomic E-state index is -0.176. The molecule has 0 saturated heterocycles. The van der Waals surface area contributed by atoms with E-state index in [4.69, 9.17) is 5.73 Å². The molecule has 1 fully saturated rings. The van der Waals surface area contributed by atoms with Crippen molar-refractivity contribution in [1.29, 1.82) is 0 Å². The van der Waals surface area contributed by atoms with Gasteiger partial charge in [0.2, 0.25) is 0 Å². The van der Waals surface area contributed by atoms with E-state index >= 15 is 0 Å². The van der Waals surface area contributed by atoms with E-state index in [9.17, 15) is 4.39 Å². The van der Waals surface area contributed by atoms with E-state index < -0.39 is 0 Å². The van der Waals surface area contributed by atoms with Gasteiger partial charge in [0.1, 0.15) is 5.82 Å². The number of hydrogen-bond acceptors (Lipinski definition) is 2. The molecule has 1 aliphatic carbocycles. The van der Waals surface area contributed by atoms with Crippen molar-refractivity contribution in [2.45, 2.75) is 43.5 Å². The number of thioether (sulfide) groups is 1. The van der Waals surface area contributed by atoms with Crippen molar-refractivity contribution in [3.63, 3.8) is 0 Å². The molecule has 0 spiro atoms. The third-order valence-electron chi connectivity index (χ3n) is 3.84. The summed E-state index contributed by atoms with van der Waals surface area (Å²) in [6, 6.07) is 6.95. The lowest BCUT2D eigenvalue weighted by atomic mass is 9.79. The van der Waals surface area contributed by atoms with Crippen LogP contribution < -0.4 is 5.73 Å². The molecule has 100 valence electrons. The Hall–Kier alpha value is -0.540. The summed E-state index contributed by atoms with van der Waals surface area (Å²) in [6.07, 6.45) is 5.22. The standard InChI is InChI=1S/C15H22FNS/c1-11-3-2-4-12(9-11)15(17)10-18-14-7-5-13(16)6-8-14/h5-8,11-12,15H,2-4,9-10,17H2,1H3. The zero-order chi connectivity index (χ0) is 13.0. The lowest BCUT2D eigenvalue weighted by Crippen LogP contribution is -2.35. The van der Waals surface area contributed by atoms with Crippen LogP contribution in [0.15, 0.2) is 29.2 Å². The Kier molecular flexibility index (Phi) is 5.07. The van der Waals surface area contributed by atoms with E-state index in [1.807, 2.05) is 12.1 Å². The highest BCUT2D eigenvalue weighted by Crippen LogP contribution is 2.32. The summed E-state index contributed by atoms with van der Waals surface area (Å²) >= 11 is 1.74. The molecule has 1 saturated carbocycles. The van der Waals surface area contributed by atoms with E-state index in [1.165, 1.54) is 37.8 Å². The van der Waals surface area contributed by atoms with Crippen LogP contribution in [0.5, 0.6) is 0 Å². The molecule has 0 heterocycles. The first-order valence-corrected chi connectivity index (χ1v) is 7.77. The van der Waals surface area contributed by atoms with Crippen molar-refractivity contribution in [1.82, 2.24) is 0 Å². The van der Waals surface area contributed by atoms with Crippen molar-refractivity contribution in [3.8, 4) is 0 Å². The molecule has 1 nitrogen and oxygen atoms in total. The van der Waals surface area contributed by atoms with Gasteiger partial charge in [-0.25, -0.2) is 4.39 Å². The number of benzene rings is 1. The van der Waals surface area contributed by atoms with Crippen molar-refractivity contribution in [3.05, 3.63) is 30.1 Å². The molecule has 1 aliphatic rings. The minimum absolute atomic E-state index is 0.176. The summed E-state index contributed by atoms with van der Waals surface area (Å²) in [5.74, 6) is 2.25.